The molecule has 0 aliphatic carbocycles. The zero-order chi connectivity index (χ0) is 34.2. The lowest BCUT2D eigenvalue weighted by Crippen LogP contribution is -2.17. The molecule has 0 saturated carbocycles. The van der Waals surface area contributed by atoms with Crippen LogP contribution in [0.4, 0.5) is 0 Å². The van der Waals surface area contributed by atoms with Crippen molar-refractivity contribution < 1.29 is 0 Å². The maximum atomic E-state index is 10.3. The van der Waals surface area contributed by atoms with Gasteiger partial charge in [-0.2, -0.15) is 10.5 Å². The van der Waals surface area contributed by atoms with E-state index in [1.807, 2.05) is 12.2 Å². The molecule has 0 heterocycles. The molecule has 2 heteroatoms. The molecule has 0 bridgehead atoms. The summed E-state index contributed by atoms with van der Waals surface area (Å²) in [7, 11) is 0. The lowest BCUT2D eigenvalue weighted by molar-refractivity contribution is 0.567. The van der Waals surface area contributed by atoms with Crippen LogP contribution in [-0.2, 0) is 21.7 Å². The predicted molar refractivity (Wildman–Crippen MR) is 199 cm³/mol. The summed E-state index contributed by atoms with van der Waals surface area (Å²) >= 11 is 0. The van der Waals surface area contributed by atoms with Crippen molar-refractivity contribution in [2.24, 2.45) is 0 Å². The first-order valence-electron chi connectivity index (χ1n) is 16.3. The van der Waals surface area contributed by atoms with E-state index in [2.05, 4.69) is 168 Å². The number of hydrogen-bond acceptors (Lipinski definition) is 2. The van der Waals surface area contributed by atoms with E-state index in [0.717, 1.165) is 33.0 Å². The van der Waals surface area contributed by atoms with Gasteiger partial charge in [-0.3, -0.25) is 0 Å². The minimum Gasteiger partial charge on any atom is -0.192 e. The van der Waals surface area contributed by atoms with Crippen LogP contribution < -0.4 is 0 Å². The minimum atomic E-state index is -0.0264. The van der Waals surface area contributed by atoms with Crippen LogP contribution in [0.3, 0.4) is 0 Å². The van der Waals surface area contributed by atoms with Gasteiger partial charge in [0.05, 0.1) is 23.3 Å². The smallest absolute Gasteiger partial charge is 0.0998 e. The summed E-state index contributed by atoms with van der Waals surface area (Å²) in [6, 6.07) is 30.8. The quantitative estimate of drug-likeness (QED) is 0.171. The molecule has 0 saturated heterocycles. The number of hydrogen-bond donors (Lipinski definition) is 0. The zero-order valence-electron chi connectivity index (χ0n) is 30.0. The van der Waals surface area contributed by atoms with Crippen molar-refractivity contribution in [2.45, 2.75) is 105 Å². The molecule has 0 aliphatic rings. The van der Waals surface area contributed by atoms with E-state index in [4.69, 9.17) is 0 Å². The van der Waals surface area contributed by atoms with Crippen LogP contribution in [0.1, 0.15) is 128 Å². The van der Waals surface area contributed by atoms with Gasteiger partial charge in [0.2, 0.25) is 0 Å². The van der Waals surface area contributed by atoms with Gasteiger partial charge in [-0.25, -0.2) is 0 Å². The molecule has 0 fully saturated rings. The fourth-order valence-electron chi connectivity index (χ4n) is 5.45. The van der Waals surface area contributed by atoms with Crippen LogP contribution in [0.2, 0.25) is 0 Å². The van der Waals surface area contributed by atoms with E-state index >= 15 is 0 Å². The Bertz CT molecular complexity index is 1720. The third kappa shape index (κ3) is 8.05. The standard InChI is InChI=1S/C44H50N2/c1-41(2,3)37-21-33(22-38(25-37)42(4,5)6)35(27-45)19-29-13-15-32-18-30(14-16-31(32)17-29)20-36(28-46)34-23-39(43(7,8)9)26-40(24-34)44(10,11)12/h13-26H,1-12H3/b35-19-,36-20+. The molecule has 0 unspecified atom stereocenters. The molecule has 236 valence electrons. The second-order valence-electron chi connectivity index (χ2n) is 16.8. The van der Waals surface area contributed by atoms with Crippen LogP contribution in [0, 0.1) is 22.7 Å². The summed E-state index contributed by atoms with van der Waals surface area (Å²) in [6.45, 7) is 26.6. The number of rotatable bonds is 4. The van der Waals surface area contributed by atoms with Gasteiger partial charge in [-0.05, 0) is 125 Å². The first-order chi connectivity index (χ1) is 21.2. The van der Waals surface area contributed by atoms with Gasteiger partial charge < -0.3 is 0 Å². The van der Waals surface area contributed by atoms with Crippen LogP contribution in [0.5, 0.6) is 0 Å². The predicted octanol–water partition coefficient (Wildman–Crippen LogP) is 12.2. The van der Waals surface area contributed by atoms with Crippen molar-refractivity contribution in [3.05, 3.63) is 117 Å². The molecule has 0 aliphatic heterocycles. The Morgan fingerprint density at radius 2 is 0.717 bits per heavy atom. The van der Waals surface area contributed by atoms with Gasteiger partial charge in [-0.15, -0.1) is 0 Å². The lowest BCUT2D eigenvalue weighted by atomic mass is 9.79. The first kappa shape index (κ1) is 34.5. The normalized spacial score (nSPS) is 13.4. The Kier molecular flexibility index (Phi) is 9.31. The molecular weight excluding hydrogens is 556 g/mol. The molecule has 4 aromatic rings. The summed E-state index contributed by atoms with van der Waals surface area (Å²) in [5.74, 6) is 0. The molecule has 0 aromatic heterocycles. The number of nitriles is 2. The number of nitrogens with zero attached hydrogens (tertiary/aromatic N) is 2. The molecule has 0 N–H and O–H groups in total. The minimum absolute atomic E-state index is 0.0264. The highest BCUT2D eigenvalue weighted by Gasteiger charge is 2.23. The van der Waals surface area contributed by atoms with Gasteiger partial charge in [0.25, 0.3) is 0 Å². The van der Waals surface area contributed by atoms with E-state index in [-0.39, 0.29) is 21.7 Å². The average molecular weight is 607 g/mol. The third-order valence-electron chi connectivity index (χ3n) is 8.70. The molecule has 0 spiro atoms. The topological polar surface area (TPSA) is 47.6 Å². The van der Waals surface area contributed by atoms with E-state index in [1.54, 1.807) is 0 Å². The van der Waals surface area contributed by atoms with E-state index < -0.39 is 0 Å². The fraction of sp³-hybridized carbons (Fsp3) is 0.364. The highest BCUT2D eigenvalue weighted by atomic mass is 14.3. The van der Waals surface area contributed by atoms with Crippen molar-refractivity contribution in [1.29, 1.82) is 10.5 Å². The van der Waals surface area contributed by atoms with Crippen molar-refractivity contribution in [3.63, 3.8) is 0 Å². The molecule has 0 radical (unpaired) electrons. The van der Waals surface area contributed by atoms with Gasteiger partial charge in [0, 0.05) is 0 Å². The van der Waals surface area contributed by atoms with Crippen molar-refractivity contribution >= 4 is 34.1 Å². The summed E-state index contributed by atoms with van der Waals surface area (Å²) in [6.07, 6.45) is 3.98. The Labute approximate surface area is 278 Å². The van der Waals surface area contributed by atoms with Crippen LogP contribution >= 0.6 is 0 Å². The maximum absolute atomic E-state index is 10.3. The molecular formula is C44H50N2. The number of fused-ring (bicyclic) bond motifs is 1. The van der Waals surface area contributed by atoms with E-state index in [0.29, 0.717) is 11.1 Å². The van der Waals surface area contributed by atoms with Gasteiger partial charge in [0.15, 0.2) is 0 Å². The van der Waals surface area contributed by atoms with Crippen molar-refractivity contribution in [1.82, 2.24) is 0 Å². The van der Waals surface area contributed by atoms with E-state index in [9.17, 15) is 10.5 Å². The summed E-state index contributed by atoms with van der Waals surface area (Å²) < 4.78 is 0. The Hall–Kier alpha value is -4.40. The number of benzene rings is 4. The highest BCUT2D eigenvalue weighted by molar-refractivity contribution is 5.95. The third-order valence-corrected chi connectivity index (χ3v) is 8.70. The second kappa shape index (κ2) is 12.4. The lowest BCUT2D eigenvalue weighted by Gasteiger charge is -2.26. The Balaban J connectivity index is 1.75. The van der Waals surface area contributed by atoms with Crippen LogP contribution in [0.15, 0.2) is 72.8 Å². The molecule has 4 aromatic carbocycles. The molecule has 0 atom stereocenters. The van der Waals surface area contributed by atoms with Crippen molar-refractivity contribution in [3.8, 4) is 12.1 Å². The average Bonchev–Trinajstić information content (AvgIpc) is 2.96. The second-order valence-corrected chi connectivity index (χ2v) is 16.8. The largest absolute Gasteiger partial charge is 0.192 e. The van der Waals surface area contributed by atoms with E-state index in [1.165, 1.54) is 22.3 Å². The fourth-order valence-corrected chi connectivity index (χ4v) is 5.45. The highest BCUT2D eigenvalue weighted by Crippen LogP contribution is 2.35. The zero-order valence-corrected chi connectivity index (χ0v) is 30.0. The molecule has 4 rings (SSSR count). The maximum Gasteiger partial charge on any atom is 0.0998 e. The Morgan fingerprint density at radius 3 is 0.957 bits per heavy atom. The van der Waals surface area contributed by atoms with Crippen LogP contribution in [0.25, 0.3) is 34.1 Å². The first-order valence-corrected chi connectivity index (χ1v) is 16.3. The molecule has 2 nitrogen and oxygen atoms in total. The summed E-state index contributed by atoms with van der Waals surface area (Å²) in [5, 5.41) is 22.7. The molecule has 0 amide bonds. The summed E-state index contributed by atoms with van der Waals surface area (Å²) in [5.41, 5.74) is 9.99. The monoisotopic (exact) mass is 606 g/mol. The van der Waals surface area contributed by atoms with Gasteiger partial charge >= 0.3 is 0 Å². The van der Waals surface area contributed by atoms with Gasteiger partial charge in [0.1, 0.15) is 0 Å². The SMILES string of the molecule is CC(C)(C)c1cc(/C(C#N)=C/c2ccc3cc(/C=C(/C#N)c4cc(C(C)(C)C)cc(C(C)(C)C)c4)ccc3c2)cc(C(C)(C)C)c1. The van der Waals surface area contributed by atoms with Crippen molar-refractivity contribution in [2.75, 3.05) is 0 Å². The van der Waals surface area contributed by atoms with Crippen LogP contribution in [-0.4, -0.2) is 0 Å². The van der Waals surface area contributed by atoms with Gasteiger partial charge in [-0.1, -0.05) is 119 Å². The molecule has 46 heavy (non-hydrogen) atoms. The Morgan fingerprint density at radius 1 is 0.435 bits per heavy atom. The number of allylic oxidation sites excluding steroid dienone is 2. The summed E-state index contributed by atoms with van der Waals surface area (Å²) in [4.78, 5) is 0.